The average Bonchev–Trinajstić information content (AvgIpc) is 3.33. The summed E-state index contributed by atoms with van der Waals surface area (Å²) in [6, 6.07) is 3.79. The van der Waals surface area contributed by atoms with Gasteiger partial charge in [-0.2, -0.15) is 0 Å². The Kier molecular flexibility index (Phi) is 3.77. The van der Waals surface area contributed by atoms with Gasteiger partial charge in [0.1, 0.15) is 11.4 Å². The van der Waals surface area contributed by atoms with Gasteiger partial charge in [-0.3, -0.25) is 14.6 Å². The van der Waals surface area contributed by atoms with E-state index in [0.29, 0.717) is 24.7 Å². The largest absolute Gasteiger partial charge is 0.351 e. The lowest BCUT2D eigenvalue weighted by Gasteiger charge is -2.05. The van der Waals surface area contributed by atoms with E-state index in [1.807, 2.05) is 12.1 Å². The van der Waals surface area contributed by atoms with Crippen molar-refractivity contribution in [2.75, 3.05) is 6.54 Å². The Labute approximate surface area is 121 Å². The van der Waals surface area contributed by atoms with Crippen molar-refractivity contribution in [2.45, 2.75) is 25.2 Å². The van der Waals surface area contributed by atoms with Gasteiger partial charge in [-0.15, -0.1) is 0 Å². The number of hydrogen-bond donors (Lipinski definition) is 2. The lowest BCUT2D eigenvalue weighted by atomic mass is 10.2. The minimum Gasteiger partial charge on any atom is -0.351 e. The molecule has 0 atom stereocenters. The van der Waals surface area contributed by atoms with Crippen molar-refractivity contribution in [1.29, 1.82) is 0 Å². The number of aromatic nitrogens is 3. The van der Waals surface area contributed by atoms with Crippen LogP contribution in [-0.2, 0) is 6.42 Å². The van der Waals surface area contributed by atoms with Crippen LogP contribution in [0.1, 0.15) is 40.5 Å². The van der Waals surface area contributed by atoms with Gasteiger partial charge in [-0.25, -0.2) is 4.98 Å². The molecular weight excluding hydrogens is 268 g/mol. The molecular formula is C15H16N4O2. The van der Waals surface area contributed by atoms with Crippen LogP contribution in [0.2, 0.25) is 0 Å². The molecule has 3 rings (SSSR count). The first-order chi connectivity index (χ1) is 10.2. The standard InChI is InChI=1S/C15H16N4O2/c20-14(17-7-5-10-2-1-6-16-8-10)12-9-18-13(11-3-4-11)19-15(12)21/h1-2,6,8-9,11H,3-5,7H2,(H,17,20)(H,18,19,21). The van der Waals surface area contributed by atoms with E-state index in [2.05, 4.69) is 20.3 Å². The van der Waals surface area contributed by atoms with E-state index in [-0.39, 0.29) is 11.1 Å². The first-order valence-corrected chi connectivity index (χ1v) is 7.00. The predicted octanol–water partition coefficient (Wildman–Crippen LogP) is 1.01. The molecule has 0 bridgehead atoms. The summed E-state index contributed by atoms with van der Waals surface area (Å²) in [6.07, 6.45) is 7.61. The van der Waals surface area contributed by atoms with Crippen molar-refractivity contribution < 1.29 is 4.79 Å². The van der Waals surface area contributed by atoms with Crippen molar-refractivity contribution in [1.82, 2.24) is 20.3 Å². The molecule has 1 aliphatic carbocycles. The zero-order valence-corrected chi connectivity index (χ0v) is 11.5. The number of nitrogens with zero attached hydrogens (tertiary/aromatic N) is 2. The van der Waals surface area contributed by atoms with Crippen LogP contribution in [0, 0.1) is 0 Å². The van der Waals surface area contributed by atoms with Crippen LogP contribution in [0.5, 0.6) is 0 Å². The molecule has 1 fully saturated rings. The first kappa shape index (κ1) is 13.5. The number of carbonyl (C=O) groups is 1. The highest BCUT2D eigenvalue weighted by Gasteiger charge is 2.26. The molecule has 2 N–H and O–H groups in total. The molecule has 0 radical (unpaired) electrons. The molecule has 0 aliphatic heterocycles. The lowest BCUT2D eigenvalue weighted by molar-refractivity contribution is 0.0952. The van der Waals surface area contributed by atoms with Crippen molar-refractivity contribution in [3.8, 4) is 0 Å². The van der Waals surface area contributed by atoms with Gasteiger partial charge in [0, 0.05) is 31.1 Å². The second-order valence-corrected chi connectivity index (χ2v) is 5.15. The fourth-order valence-corrected chi connectivity index (χ4v) is 2.10. The summed E-state index contributed by atoms with van der Waals surface area (Å²) in [7, 11) is 0. The molecule has 1 amide bonds. The fraction of sp³-hybridized carbons (Fsp3) is 0.333. The minimum absolute atomic E-state index is 0.0607. The monoisotopic (exact) mass is 284 g/mol. The van der Waals surface area contributed by atoms with Crippen molar-refractivity contribution in [3.05, 3.63) is 58.0 Å². The zero-order valence-electron chi connectivity index (χ0n) is 11.5. The number of hydrogen-bond acceptors (Lipinski definition) is 4. The molecule has 1 saturated carbocycles. The zero-order chi connectivity index (χ0) is 14.7. The Balaban J connectivity index is 1.59. The Bertz CT molecular complexity index is 692. The van der Waals surface area contributed by atoms with Gasteiger partial charge in [-0.05, 0) is 30.9 Å². The van der Waals surface area contributed by atoms with E-state index in [4.69, 9.17) is 0 Å². The second kappa shape index (κ2) is 5.87. The number of H-pyrrole nitrogens is 1. The Hall–Kier alpha value is -2.50. The maximum atomic E-state index is 12.0. The van der Waals surface area contributed by atoms with Gasteiger partial charge in [0.05, 0.1) is 0 Å². The molecule has 108 valence electrons. The molecule has 1 aliphatic rings. The molecule has 0 spiro atoms. The highest BCUT2D eigenvalue weighted by atomic mass is 16.2. The number of carbonyl (C=O) groups excluding carboxylic acids is 1. The topological polar surface area (TPSA) is 87.7 Å². The van der Waals surface area contributed by atoms with Crippen molar-refractivity contribution in [2.24, 2.45) is 0 Å². The summed E-state index contributed by atoms with van der Waals surface area (Å²) in [6.45, 7) is 0.453. The van der Waals surface area contributed by atoms with Crippen LogP contribution in [-0.4, -0.2) is 27.4 Å². The molecule has 2 aromatic rings. The molecule has 6 nitrogen and oxygen atoms in total. The highest BCUT2D eigenvalue weighted by molar-refractivity contribution is 5.93. The Morgan fingerprint density at radius 3 is 2.90 bits per heavy atom. The summed E-state index contributed by atoms with van der Waals surface area (Å²) < 4.78 is 0. The van der Waals surface area contributed by atoms with Gasteiger partial charge < -0.3 is 10.3 Å². The molecule has 2 heterocycles. The van der Waals surface area contributed by atoms with E-state index < -0.39 is 5.91 Å². The quantitative estimate of drug-likeness (QED) is 0.858. The smallest absolute Gasteiger partial charge is 0.263 e. The molecule has 0 unspecified atom stereocenters. The molecule has 6 heteroatoms. The van der Waals surface area contributed by atoms with E-state index in [9.17, 15) is 9.59 Å². The summed E-state index contributed by atoms with van der Waals surface area (Å²) in [5.41, 5.74) is 0.727. The molecule has 2 aromatic heterocycles. The van der Waals surface area contributed by atoms with Crippen LogP contribution in [0.3, 0.4) is 0 Å². The van der Waals surface area contributed by atoms with Gasteiger partial charge in [0.25, 0.3) is 11.5 Å². The normalized spacial score (nSPS) is 13.9. The third kappa shape index (κ3) is 3.34. The van der Waals surface area contributed by atoms with Gasteiger partial charge >= 0.3 is 0 Å². The van der Waals surface area contributed by atoms with E-state index in [1.165, 1.54) is 6.20 Å². The molecule has 21 heavy (non-hydrogen) atoms. The van der Waals surface area contributed by atoms with Crippen LogP contribution in [0.25, 0.3) is 0 Å². The molecule has 0 aromatic carbocycles. The lowest BCUT2D eigenvalue weighted by Crippen LogP contribution is -2.31. The molecule has 0 saturated heterocycles. The fourth-order valence-electron chi connectivity index (χ4n) is 2.10. The van der Waals surface area contributed by atoms with Crippen LogP contribution < -0.4 is 10.9 Å². The van der Waals surface area contributed by atoms with Crippen LogP contribution in [0.4, 0.5) is 0 Å². The summed E-state index contributed by atoms with van der Waals surface area (Å²) in [5.74, 6) is 0.655. The van der Waals surface area contributed by atoms with Crippen molar-refractivity contribution in [3.63, 3.8) is 0 Å². The Morgan fingerprint density at radius 2 is 2.24 bits per heavy atom. The van der Waals surface area contributed by atoms with Crippen LogP contribution >= 0.6 is 0 Å². The van der Waals surface area contributed by atoms with E-state index >= 15 is 0 Å². The maximum Gasteiger partial charge on any atom is 0.263 e. The SMILES string of the molecule is O=C(NCCc1cccnc1)c1cnc(C2CC2)[nH]c1=O. The first-order valence-electron chi connectivity index (χ1n) is 7.00. The second-order valence-electron chi connectivity index (χ2n) is 5.15. The van der Waals surface area contributed by atoms with Crippen LogP contribution in [0.15, 0.2) is 35.5 Å². The number of nitrogens with one attached hydrogen (secondary N) is 2. The third-order valence-electron chi connectivity index (χ3n) is 3.45. The highest BCUT2D eigenvalue weighted by Crippen LogP contribution is 2.37. The number of rotatable bonds is 5. The number of amides is 1. The predicted molar refractivity (Wildman–Crippen MR) is 77.1 cm³/mol. The average molecular weight is 284 g/mol. The summed E-state index contributed by atoms with van der Waals surface area (Å²) in [4.78, 5) is 34.7. The maximum absolute atomic E-state index is 12.0. The number of pyridine rings is 1. The van der Waals surface area contributed by atoms with E-state index in [1.54, 1.807) is 12.4 Å². The minimum atomic E-state index is -0.394. The third-order valence-corrected chi connectivity index (χ3v) is 3.45. The Morgan fingerprint density at radius 1 is 1.38 bits per heavy atom. The van der Waals surface area contributed by atoms with Gasteiger partial charge in [0.2, 0.25) is 0 Å². The van der Waals surface area contributed by atoms with Gasteiger partial charge in [0.15, 0.2) is 0 Å². The number of aromatic amines is 1. The van der Waals surface area contributed by atoms with Gasteiger partial charge in [-0.1, -0.05) is 6.07 Å². The van der Waals surface area contributed by atoms with E-state index in [0.717, 1.165) is 18.4 Å². The van der Waals surface area contributed by atoms with Crippen molar-refractivity contribution >= 4 is 5.91 Å². The summed E-state index contributed by atoms with van der Waals surface area (Å²) in [5, 5.41) is 2.73. The summed E-state index contributed by atoms with van der Waals surface area (Å²) >= 11 is 0.